The number of carbonyl (C=O) groups excluding carboxylic acids is 1. The first-order valence-electron chi connectivity index (χ1n) is 7.74. The van der Waals surface area contributed by atoms with Crippen molar-refractivity contribution in [2.45, 2.75) is 25.3 Å². The second kappa shape index (κ2) is 6.82. The molecule has 0 saturated heterocycles. The Kier molecular flexibility index (Phi) is 4.74. The van der Waals surface area contributed by atoms with E-state index in [0.717, 1.165) is 18.4 Å². The largest absolute Gasteiger partial charge is 0.349 e. The van der Waals surface area contributed by atoms with Crippen molar-refractivity contribution in [1.29, 1.82) is 0 Å². The van der Waals surface area contributed by atoms with E-state index in [9.17, 15) is 26.7 Å². The maximum atomic E-state index is 13.7. The van der Waals surface area contributed by atoms with Crippen LogP contribution in [0.15, 0.2) is 30.3 Å². The minimum absolute atomic E-state index is 0.197. The minimum Gasteiger partial charge on any atom is -0.349 e. The van der Waals surface area contributed by atoms with Crippen LogP contribution >= 0.6 is 0 Å². The summed E-state index contributed by atoms with van der Waals surface area (Å²) in [6.45, 7) is 0. The van der Waals surface area contributed by atoms with E-state index in [0.29, 0.717) is 0 Å². The Labute approximate surface area is 140 Å². The lowest BCUT2D eigenvalue weighted by atomic mass is 10.0. The van der Waals surface area contributed by atoms with Gasteiger partial charge in [0.2, 0.25) is 11.7 Å². The number of hydrogen-bond acceptors (Lipinski definition) is 1. The summed E-state index contributed by atoms with van der Waals surface area (Å²) in [5.41, 5.74) is -0.299. The van der Waals surface area contributed by atoms with E-state index in [1.165, 1.54) is 0 Å². The normalized spacial score (nSPS) is 15.1. The number of nitrogens with one attached hydrogen (secondary N) is 1. The third-order valence-corrected chi connectivity index (χ3v) is 4.21. The molecule has 0 radical (unpaired) electrons. The molecule has 0 aromatic heterocycles. The van der Waals surface area contributed by atoms with Gasteiger partial charge in [0.15, 0.2) is 23.3 Å². The monoisotopic (exact) mass is 355 g/mol. The van der Waals surface area contributed by atoms with Gasteiger partial charge in [-0.3, -0.25) is 4.79 Å². The molecule has 1 aliphatic carbocycles. The molecular weight excluding hydrogens is 341 g/mol. The molecule has 0 spiro atoms. The van der Waals surface area contributed by atoms with E-state index in [4.69, 9.17) is 0 Å². The summed E-state index contributed by atoms with van der Waals surface area (Å²) in [5.74, 6) is -10.9. The van der Waals surface area contributed by atoms with Gasteiger partial charge in [-0.2, -0.15) is 0 Å². The van der Waals surface area contributed by atoms with E-state index in [1.54, 1.807) is 12.1 Å². The average molecular weight is 355 g/mol. The highest BCUT2D eigenvalue weighted by molar-refractivity contribution is 5.79. The van der Waals surface area contributed by atoms with Crippen molar-refractivity contribution in [3.05, 3.63) is 70.5 Å². The summed E-state index contributed by atoms with van der Waals surface area (Å²) in [5, 5.41) is 2.64. The first kappa shape index (κ1) is 17.4. The Bertz CT molecular complexity index is 776. The predicted molar refractivity (Wildman–Crippen MR) is 80.0 cm³/mol. The Morgan fingerprint density at radius 1 is 0.920 bits per heavy atom. The molecule has 25 heavy (non-hydrogen) atoms. The maximum absolute atomic E-state index is 13.7. The second-order valence-electron chi connectivity index (χ2n) is 6.02. The molecule has 2 aromatic rings. The molecule has 1 unspecified atom stereocenters. The van der Waals surface area contributed by atoms with Gasteiger partial charge in [-0.1, -0.05) is 30.3 Å². The summed E-state index contributed by atoms with van der Waals surface area (Å²) in [7, 11) is 0. The van der Waals surface area contributed by atoms with Crippen LogP contribution < -0.4 is 5.32 Å². The van der Waals surface area contributed by atoms with Gasteiger partial charge < -0.3 is 5.32 Å². The molecule has 0 bridgehead atoms. The van der Waals surface area contributed by atoms with Gasteiger partial charge in [-0.15, -0.1) is 0 Å². The average Bonchev–Trinajstić information content (AvgIpc) is 3.45. The molecule has 0 aliphatic heterocycles. The summed E-state index contributed by atoms with van der Waals surface area (Å²) < 4.78 is 66.9. The molecule has 3 rings (SSSR count). The number of hydrogen-bond donors (Lipinski definition) is 1. The molecule has 1 saturated carbocycles. The van der Waals surface area contributed by atoms with Crippen LogP contribution in [0.1, 0.15) is 30.0 Å². The van der Waals surface area contributed by atoms with E-state index in [2.05, 4.69) is 5.32 Å². The number of rotatable bonds is 5. The Morgan fingerprint density at radius 3 is 1.96 bits per heavy atom. The highest BCUT2D eigenvalue weighted by Crippen LogP contribution is 2.41. The first-order valence-corrected chi connectivity index (χ1v) is 7.74. The lowest BCUT2D eigenvalue weighted by Crippen LogP contribution is -2.31. The van der Waals surface area contributed by atoms with Gasteiger partial charge in [0, 0.05) is 5.56 Å². The fourth-order valence-electron chi connectivity index (χ4n) is 2.75. The Hall–Kier alpha value is -2.44. The fraction of sp³-hybridized carbons (Fsp3) is 0.278. The Morgan fingerprint density at radius 2 is 1.44 bits per heavy atom. The molecule has 0 heterocycles. The van der Waals surface area contributed by atoms with Crippen LogP contribution in [0.4, 0.5) is 22.0 Å². The topological polar surface area (TPSA) is 29.1 Å². The third kappa shape index (κ3) is 3.50. The summed E-state index contributed by atoms with van der Waals surface area (Å²) in [6.07, 6.45) is 0.854. The SMILES string of the molecule is O=C(Cc1c(F)c(F)c(F)c(F)c1F)NC(c1ccccc1)C1CC1. The standard InChI is InChI=1S/C18H14F5NO/c19-13-11(14(20)16(22)17(23)15(13)21)8-12(25)24-18(10-6-7-10)9-4-2-1-3-5-9/h1-5,10,18H,6-8H2,(H,24,25). The molecule has 1 N–H and O–H groups in total. The van der Waals surface area contributed by atoms with Crippen LogP contribution in [-0.4, -0.2) is 5.91 Å². The van der Waals surface area contributed by atoms with Crippen molar-refractivity contribution in [2.24, 2.45) is 5.92 Å². The zero-order valence-corrected chi connectivity index (χ0v) is 13.0. The molecule has 2 aromatic carbocycles. The quantitative estimate of drug-likeness (QED) is 0.486. The molecule has 1 amide bonds. The lowest BCUT2D eigenvalue weighted by Gasteiger charge is -2.19. The van der Waals surface area contributed by atoms with Crippen molar-refractivity contribution < 1.29 is 26.7 Å². The number of benzene rings is 2. The van der Waals surface area contributed by atoms with E-state index >= 15 is 0 Å². The van der Waals surface area contributed by atoms with Crippen LogP contribution in [0.5, 0.6) is 0 Å². The van der Waals surface area contributed by atoms with Gasteiger partial charge in [0.25, 0.3) is 0 Å². The molecule has 2 nitrogen and oxygen atoms in total. The second-order valence-corrected chi connectivity index (χ2v) is 6.02. The van der Waals surface area contributed by atoms with Crippen LogP contribution in [0.2, 0.25) is 0 Å². The lowest BCUT2D eigenvalue weighted by molar-refractivity contribution is -0.121. The molecule has 1 atom stereocenters. The highest BCUT2D eigenvalue weighted by Gasteiger charge is 2.34. The van der Waals surface area contributed by atoms with Crippen molar-refractivity contribution >= 4 is 5.91 Å². The third-order valence-electron chi connectivity index (χ3n) is 4.21. The number of carbonyl (C=O) groups is 1. The van der Waals surface area contributed by atoms with Crippen LogP contribution in [0, 0.1) is 35.0 Å². The number of amides is 1. The van der Waals surface area contributed by atoms with Crippen LogP contribution in [0.25, 0.3) is 0 Å². The van der Waals surface area contributed by atoms with Gasteiger partial charge in [0.1, 0.15) is 0 Å². The summed E-state index contributed by atoms with van der Waals surface area (Å²) >= 11 is 0. The molecular formula is C18H14F5NO. The van der Waals surface area contributed by atoms with E-state index in [1.807, 2.05) is 18.2 Å². The zero-order chi connectivity index (χ0) is 18.1. The van der Waals surface area contributed by atoms with Crippen molar-refractivity contribution in [3.8, 4) is 0 Å². The van der Waals surface area contributed by atoms with Crippen molar-refractivity contribution in [3.63, 3.8) is 0 Å². The first-order chi connectivity index (χ1) is 11.9. The zero-order valence-electron chi connectivity index (χ0n) is 13.0. The smallest absolute Gasteiger partial charge is 0.225 e. The Balaban J connectivity index is 1.81. The summed E-state index contributed by atoms with van der Waals surface area (Å²) in [6, 6.07) is 8.66. The molecule has 132 valence electrons. The number of halogens is 5. The van der Waals surface area contributed by atoms with Crippen LogP contribution in [-0.2, 0) is 11.2 Å². The van der Waals surface area contributed by atoms with E-state index in [-0.39, 0.29) is 12.0 Å². The molecule has 1 aliphatic rings. The maximum Gasteiger partial charge on any atom is 0.225 e. The minimum atomic E-state index is -2.24. The van der Waals surface area contributed by atoms with Gasteiger partial charge in [-0.05, 0) is 24.3 Å². The molecule has 7 heteroatoms. The highest BCUT2D eigenvalue weighted by atomic mass is 19.2. The molecule has 1 fully saturated rings. The van der Waals surface area contributed by atoms with E-state index < -0.39 is 47.0 Å². The summed E-state index contributed by atoms with van der Waals surface area (Å²) in [4.78, 5) is 12.2. The predicted octanol–water partition coefficient (Wildman–Crippen LogP) is 4.19. The van der Waals surface area contributed by atoms with Gasteiger partial charge in [0.05, 0.1) is 12.5 Å². The van der Waals surface area contributed by atoms with Gasteiger partial charge in [-0.25, -0.2) is 22.0 Å². The fourth-order valence-corrected chi connectivity index (χ4v) is 2.75. The van der Waals surface area contributed by atoms with Crippen molar-refractivity contribution in [2.75, 3.05) is 0 Å². The van der Waals surface area contributed by atoms with Gasteiger partial charge >= 0.3 is 0 Å². The van der Waals surface area contributed by atoms with Crippen LogP contribution in [0.3, 0.4) is 0 Å². The van der Waals surface area contributed by atoms with Crippen molar-refractivity contribution in [1.82, 2.24) is 5.32 Å².